The first-order chi connectivity index (χ1) is 6.09. The van der Waals surface area contributed by atoms with E-state index < -0.39 is 0 Å². The lowest BCUT2D eigenvalue weighted by molar-refractivity contribution is 0.298. The van der Waals surface area contributed by atoms with Crippen molar-refractivity contribution < 1.29 is 0 Å². The number of unbranched alkanes of at least 4 members (excludes halogenated alkanes) is 1. The van der Waals surface area contributed by atoms with Crippen molar-refractivity contribution >= 4 is 0 Å². The maximum atomic E-state index is 2.36. The molecule has 0 spiro atoms. The molecular weight excluding hydrogens is 156 g/mol. The molecule has 0 bridgehead atoms. The largest absolute Gasteiger partial charge is 0.0885 e. The van der Waals surface area contributed by atoms with Gasteiger partial charge in [-0.15, -0.1) is 0 Å². The Kier molecular flexibility index (Phi) is 7.03. The van der Waals surface area contributed by atoms with Crippen molar-refractivity contribution in [2.75, 3.05) is 0 Å². The van der Waals surface area contributed by atoms with Gasteiger partial charge in [-0.2, -0.15) is 0 Å². The van der Waals surface area contributed by atoms with E-state index in [4.69, 9.17) is 0 Å². The molecule has 0 aromatic carbocycles. The molecule has 78 valence electrons. The van der Waals surface area contributed by atoms with Crippen molar-refractivity contribution in [3.8, 4) is 0 Å². The number of hydrogen-bond donors (Lipinski definition) is 0. The summed E-state index contributed by atoms with van der Waals surface area (Å²) in [6.45, 7) is 11.6. The van der Waals surface area contributed by atoms with Crippen LogP contribution in [0.3, 0.4) is 0 Å². The lowest BCUT2D eigenvalue weighted by Gasteiger charge is -2.22. The summed E-state index contributed by atoms with van der Waals surface area (Å²) in [5, 5.41) is 0. The normalized spacial score (nSPS) is 16.8. The molecule has 0 aliphatic heterocycles. The summed E-state index contributed by atoms with van der Waals surface area (Å²) in [5.41, 5.74) is 0. The molecule has 0 saturated carbocycles. The summed E-state index contributed by atoms with van der Waals surface area (Å²) in [7, 11) is 0. The molecule has 0 N–H and O–H groups in total. The van der Waals surface area contributed by atoms with E-state index in [-0.39, 0.29) is 0 Å². The highest BCUT2D eigenvalue weighted by molar-refractivity contribution is 4.84. The van der Waals surface area contributed by atoms with Gasteiger partial charge in [0.05, 0.1) is 0 Å². The van der Waals surface area contributed by atoms with Gasteiger partial charge in [0, 0.05) is 0 Å². The van der Waals surface area contributed by atoms with Crippen LogP contribution in [0.2, 0.25) is 0 Å². The van der Waals surface area contributed by atoms with Crippen LogP contribution in [0.1, 0.15) is 53.9 Å². The summed E-state index contributed by atoms with van der Waals surface area (Å²) < 4.78 is 0. The Hall–Kier alpha value is -0.260. The third kappa shape index (κ3) is 5.90. The average molecular weight is 182 g/mol. The molecule has 0 heterocycles. The van der Waals surface area contributed by atoms with E-state index in [0.29, 0.717) is 0 Å². The smallest absolute Gasteiger partial charge is 0.0322 e. The van der Waals surface area contributed by atoms with E-state index in [1.54, 1.807) is 0 Å². The van der Waals surface area contributed by atoms with Crippen LogP contribution < -0.4 is 0 Å². The number of hydrogen-bond acceptors (Lipinski definition) is 0. The van der Waals surface area contributed by atoms with Crippen LogP contribution in [-0.2, 0) is 0 Å². The standard InChI is InChI=1S/C13H26/c1-6-7-8-9-10-12(4)13(5)11(2)3/h8-9,11-13H,6-7,10H2,1-5H3. The summed E-state index contributed by atoms with van der Waals surface area (Å²) in [5.74, 6) is 2.48. The molecule has 0 nitrogen and oxygen atoms in total. The van der Waals surface area contributed by atoms with Crippen LogP contribution in [0.5, 0.6) is 0 Å². The molecule has 0 radical (unpaired) electrons. The molecule has 0 fully saturated rings. The van der Waals surface area contributed by atoms with Crippen molar-refractivity contribution in [2.24, 2.45) is 17.8 Å². The second-order valence-electron chi connectivity index (χ2n) is 4.58. The highest BCUT2D eigenvalue weighted by Crippen LogP contribution is 2.22. The minimum absolute atomic E-state index is 0.814. The molecule has 2 atom stereocenters. The maximum Gasteiger partial charge on any atom is -0.0322 e. The van der Waals surface area contributed by atoms with E-state index in [9.17, 15) is 0 Å². The molecule has 0 aliphatic rings. The molecule has 0 amide bonds. The Bertz CT molecular complexity index is 133. The fraction of sp³-hybridized carbons (Fsp3) is 0.846. The van der Waals surface area contributed by atoms with Gasteiger partial charge in [-0.1, -0.05) is 53.2 Å². The predicted octanol–water partition coefficient (Wildman–Crippen LogP) is 4.66. The zero-order valence-electron chi connectivity index (χ0n) is 10.0. The lowest BCUT2D eigenvalue weighted by Crippen LogP contribution is -2.13. The van der Waals surface area contributed by atoms with Gasteiger partial charge < -0.3 is 0 Å². The second-order valence-corrected chi connectivity index (χ2v) is 4.58. The van der Waals surface area contributed by atoms with Crippen molar-refractivity contribution in [2.45, 2.75) is 53.9 Å². The number of rotatable bonds is 6. The van der Waals surface area contributed by atoms with E-state index in [1.165, 1.54) is 19.3 Å². The van der Waals surface area contributed by atoms with Gasteiger partial charge in [0.25, 0.3) is 0 Å². The molecule has 2 unspecified atom stereocenters. The van der Waals surface area contributed by atoms with E-state index in [1.807, 2.05) is 0 Å². The summed E-state index contributed by atoms with van der Waals surface area (Å²) in [4.78, 5) is 0. The first kappa shape index (κ1) is 12.7. The molecule has 0 rings (SSSR count). The van der Waals surface area contributed by atoms with Crippen molar-refractivity contribution in [1.29, 1.82) is 0 Å². The van der Waals surface area contributed by atoms with E-state index >= 15 is 0 Å². The minimum atomic E-state index is 0.814. The van der Waals surface area contributed by atoms with Crippen LogP contribution >= 0.6 is 0 Å². The van der Waals surface area contributed by atoms with E-state index in [0.717, 1.165) is 17.8 Å². The van der Waals surface area contributed by atoms with Gasteiger partial charge in [-0.3, -0.25) is 0 Å². The van der Waals surface area contributed by atoms with Crippen molar-refractivity contribution in [3.63, 3.8) is 0 Å². The summed E-state index contributed by atoms with van der Waals surface area (Å²) >= 11 is 0. The quantitative estimate of drug-likeness (QED) is 0.524. The van der Waals surface area contributed by atoms with Crippen LogP contribution in [0.15, 0.2) is 12.2 Å². The Morgan fingerprint density at radius 1 is 1.00 bits per heavy atom. The lowest BCUT2D eigenvalue weighted by atomic mass is 9.84. The molecule has 0 aromatic rings. The second kappa shape index (κ2) is 7.17. The van der Waals surface area contributed by atoms with Crippen LogP contribution in [0.25, 0.3) is 0 Å². The van der Waals surface area contributed by atoms with Crippen molar-refractivity contribution in [1.82, 2.24) is 0 Å². The van der Waals surface area contributed by atoms with Gasteiger partial charge in [0.1, 0.15) is 0 Å². The summed E-state index contributed by atoms with van der Waals surface area (Å²) in [6, 6.07) is 0. The van der Waals surface area contributed by atoms with Crippen LogP contribution in [0, 0.1) is 17.8 Å². The van der Waals surface area contributed by atoms with Gasteiger partial charge in [-0.05, 0) is 30.6 Å². The minimum Gasteiger partial charge on any atom is -0.0885 e. The monoisotopic (exact) mass is 182 g/mol. The van der Waals surface area contributed by atoms with E-state index in [2.05, 4.69) is 46.8 Å². The maximum absolute atomic E-state index is 2.36. The number of allylic oxidation sites excluding steroid dienone is 2. The summed E-state index contributed by atoms with van der Waals surface area (Å²) in [6.07, 6.45) is 8.43. The topological polar surface area (TPSA) is 0 Å². The van der Waals surface area contributed by atoms with Crippen LogP contribution in [0.4, 0.5) is 0 Å². The highest BCUT2D eigenvalue weighted by Gasteiger charge is 2.13. The predicted molar refractivity (Wildman–Crippen MR) is 61.8 cm³/mol. The molecule has 0 saturated heterocycles. The third-order valence-corrected chi connectivity index (χ3v) is 3.08. The Balaban J connectivity index is 3.66. The SMILES string of the molecule is CCCC=CCC(C)C(C)C(C)C. The first-order valence-corrected chi connectivity index (χ1v) is 5.74. The third-order valence-electron chi connectivity index (χ3n) is 3.08. The zero-order chi connectivity index (χ0) is 10.3. The Labute approximate surface area is 84.4 Å². The van der Waals surface area contributed by atoms with Crippen LogP contribution in [-0.4, -0.2) is 0 Å². The van der Waals surface area contributed by atoms with Gasteiger partial charge in [0.15, 0.2) is 0 Å². The first-order valence-electron chi connectivity index (χ1n) is 5.74. The Morgan fingerprint density at radius 2 is 1.62 bits per heavy atom. The molecule has 0 aliphatic carbocycles. The molecule has 0 heteroatoms. The zero-order valence-corrected chi connectivity index (χ0v) is 10.0. The van der Waals surface area contributed by atoms with Gasteiger partial charge >= 0.3 is 0 Å². The highest BCUT2D eigenvalue weighted by atomic mass is 14.2. The fourth-order valence-corrected chi connectivity index (χ4v) is 1.47. The Morgan fingerprint density at radius 3 is 2.08 bits per heavy atom. The molecular formula is C13H26. The van der Waals surface area contributed by atoms with Crippen molar-refractivity contribution in [3.05, 3.63) is 12.2 Å². The van der Waals surface area contributed by atoms with Gasteiger partial charge in [-0.25, -0.2) is 0 Å². The van der Waals surface area contributed by atoms with Gasteiger partial charge in [0.2, 0.25) is 0 Å². The molecule has 0 aromatic heterocycles. The average Bonchev–Trinajstić information content (AvgIpc) is 2.10. The molecule has 13 heavy (non-hydrogen) atoms. The fourth-order valence-electron chi connectivity index (χ4n) is 1.47.